The predicted molar refractivity (Wildman–Crippen MR) is 108 cm³/mol. The molecule has 7 heteroatoms. The fourth-order valence-electron chi connectivity index (χ4n) is 3.45. The van der Waals surface area contributed by atoms with Gasteiger partial charge in [-0.3, -0.25) is 9.69 Å². The van der Waals surface area contributed by atoms with Crippen LogP contribution in [0.5, 0.6) is 0 Å². The van der Waals surface area contributed by atoms with E-state index in [0.29, 0.717) is 17.1 Å². The summed E-state index contributed by atoms with van der Waals surface area (Å²) in [4.78, 5) is 27.2. The van der Waals surface area contributed by atoms with Crippen molar-refractivity contribution in [3.8, 4) is 0 Å². The molecular formula is C22H21N3O4. The number of aliphatic hydroxyl groups is 1. The molecule has 7 nitrogen and oxygen atoms in total. The van der Waals surface area contributed by atoms with Crippen LogP contribution in [0.1, 0.15) is 23.8 Å². The quantitative estimate of drug-likeness (QED) is 0.622. The molecule has 2 heterocycles. The van der Waals surface area contributed by atoms with Gasteiger partial charge in [0, 0.05) is 11.3 Å². The molecule has 3 N–H and O–H groups in total. The highest BCUT2D eigenvalue weighted by atomic mass is 16.3. The van der Waals surface area contributed by atoms with Gasteiger partial charge in [0.25, 0.3) is 11.6 Å². The molecule has 148 valence electrons. The maximum Gasteiger partial charge on any atom is 0.329 e. The Morgan fingerprint density at radius 3 is 2.59 bits per heavy atom. The van der Waals surface area contributed by atoms with Gasteiger partial charge in [-0.05, 0) is 42.3 Å². The molecule has 0 unspecified atom stereocenters. The number of nitrogens with zero attached hydrogens (tertiary/aromatic N) is 1. The number of carbonyl (C=O) groups excluding carboxylic acids is 2. The predicted octanol–water partition coefficient (Wildman–Crippen LogP) is 3.36. The first-order chi connectivity index (χ1) is 14.0. The summed E-state index contributed by atoms with van der Waals surface area (Å²) in [5, 5.41) is 17.1. The van der Waals surface area contributed by atoms with Crippen molar-refractivity contribution in [1.82, 2.24) is 5.32 Å². The molecule has 0 saturated heterocycles. The molecule has 0 bridgehead atoms. The minimum Gasteiger partial charge on any atom is -0.467 e. The maximum absolute atomic E-state index is 13.2. The zero-order chi connectivity index (χ0) is 20.4. The highest BCUT2D eigenvalue weighted by Crippen LogP contribution is 2.39. The van der Waals surface area contributed by atoms with Crippen molar-refractivity contribution in [3.63, 3.8) is 0 Å². The first kappa shape index (κ1) is 18.8. The summed E-state index contributed by atoms with van der Waals surface area (Å²) in [5.74, 6) is -0.190. The lowest BCUT2D eigenvalue weighted by atomic mass is 9.94. The van der Waals surface area contributed by atoms with E-state index >= 15 is 0 Å². The standard InChI is InChI=1S/C22H21N3O4/c1-2-15-9-11-16(12-10-15)25-21(27)24-19-8-4-3-7-18(19)22(25,28)20(26)23-14-17-6-5-13-29-17/h3-13,28H,2,14H2,1H3,(H,23,26)(H,24,27)/t22-/m0/s1. The van der Waals surface area contributed by atoms with Crippen molar-refractivity contribution >= 4 is 23.3 Å². The molecule has 0 fully saturated rings. The molecule has 2 aromatic carbocycles. The molecule has 4 rings (SSSR count). The highest BCUT2D eigenvalue weighted by molar-refractivity contribution is 6.11. The highest BCUT2D eigenvalue weighted by Gasteiger charge is 2.51. The number of nitrogens with one attached hydrogen (secondary N) is 2. The monoisotopic (exact) mass is 391 g/mol. The van der Waals surface area contributed by atoms with Gasteiger partial charge in [-0.2, -0.15) is 0 Å². The number of hydrogen-bond donors (Lipinski definition) is 3. The molecule has 1 aliphatic heterocycles. The Morgan fingerprint density at radius 1 is 1.14 bits per heavy atom. The molecule has 1 aromatic heterocycles. The van der Waals surface area contributed by atoms with Gasteiger partial charge in [0.2, 0.25) is 0 Å². The summed E-state index contributed by atoms with van der Waals surface area (Å²) in [6, 6.07) is 16.7. The second-order valence-electron chi connectivity index (χ2n) is 6.77. The smallest absolute Gasteiger partial charge is 0.329 e. The van der Waals surface area contributed by atoms with Crippen molar-refractivity contribution in [1.29, 1.82) is 0 Å². The minimum absolute atomic E-state index is 0.0839. The number of carbonyl (C=O) groups is 2. The Labute approximate surface area is 168 Å². The number of urea groups is 1. The van der Waals surface area contributed by atoms with Gasteiger partial charge < -0.3 is 20.2 Å². The molecule has 0 saturated carbocycles. The van der Waals surface area contributed by atoms with Gasteiger partial charge >= 0.3 is 6.03 Å². The second-order valence-corrected chi connectivity index (χ2v) is 6.77. The lowest BCUT2D eigenvalue weighted by molar-refractivity contribution is -0.140. The maximum atomic E-state index is 13.2. The first-order valence-electron chi connectivity index (χ1n) is 9.36. The number of anilines is 2. The van der Waals surface area contributed by atoms with E-state index in [1.54, 1.807) is 48.5 Å². The molecule has 3 aromatic rings. The molecule has 0 radical (unpaired) electrons. The van der Waals surface area contributed by atoms with Crippen LogP contribution in [0.15, 0.2) is 71.3 Å². The Kier molecular flexibility index (Phi) is 4.82. The topological polar surface area (TPSA) is 94.8 Å². The largest absolute Gasteiger partial charge is 0.467 e. The van der Waals surface area contributed by atoms with Crippen LogP contribution in [0, 0.1) is 0 Å². The molecule has 0 aliphatic carbocycles. The number of amides is 3. The molecule has 0 spiro atoms. The van der Waals surface area contributed by atoms with Crippen LogP contribution in [0.4, 0.5) is 16.2 Å². The van der Waals surface area contributed by atoms with Crippen molar-refractivity contribution in [2.75, 3.05) is 10.2 Å². The summed E-state index contributed by atoms with van der Waals surface area (Å²) in [6.07, 6.45) is 2.34. The lowest BCUT2D eigenvalue weighted by Gasteiger charge is -2.42. The van der Waals surface area contributed by atoms with Gasteiger partial charge in [-0.25, -0.2) is 4.79 Å². The van der Waals surface area contributed by atoms with Crippen LogP contribution in [0.3, 0.4) is 0 Å². The fourth-order valence-corrected chi connectivity index (χ4v) is 3.45. The van der Waals surface area contributed by atoms with Crippen LogP contribution in [0.2, 0.25) is 0 Å². The Morgan fingerprint density at radius 2 is 1.90 bits per heavy atom. The van der Waals surface area contributed by atoms with Crippen LogP contribution < -0.4 is 15.5 Å². The fraction of sp³-hybridized carbons (Fsp3) is 0.182. The van der Waals surface area contributed by atoms with Gasteiger partial charge in [0.1, 0.15) is 5.76 Å². The van der Waals surface area contributed by atoms with Gasteiger partial charge in [-0.15, -0.1) is 0 Å². The van der Waals surface area contributed by atoms with Crippen molar-refractivity contribution < 1.29 is 19.1 Å². The normalized spacial score (nSPS) is 18.1. The van der Waals surface area contributed by atoms with Gasteiger partial charge in [0.15, 0.2) is 0 Å². The van der Waals surface area contributed by atoms with E-state index in [-0.39, 0.29) is 12.1 Å². The van der Waals surface area contributed by atoms with E-state index in [4.69, 9.17) is 4.42 Å². The molecule has 1 atom stereocenters. The zero-order valence-corrected chi connectivity index (χ0v) is 15.9. The number of aryl methyl sites for hydroxylation is 1. The van der Waals surface area contributed by atoms with E-state index < -0.39 is 17.7 Å². The number of benzene rings is 2. The number of rotatable bonds is 5. The van der Waals surface area contributed by atoms with Crippen molar-refractivity contribution in [2.24, 2.45) is 0 Å². The Bertz CT molecular complexity index is 1030. The summed E-state index contributed by atoms with van der Waals surface area (Å²) >= 11 is 0. The summed E-state index contributed by atoms with van der Waals surface area (Å²) in [5.41, 5.74) is -0.0629. The molecule has 1 aliphatic rings. The van der Waals surface area contributed by atoms with Crippen LogP contribution in [-0.4, -0.2) is 17.0 Å². The molecule has 29 heavy (non-hydrogen) atoms. The van der Waals surface area contributed by atoms with Gasteiger partial charge in [-0.1, -0.05) is 37.3 Å². The van der Waals surface area contributed by atoms with E-state index in [2.05, 4.69) is 10.6 Å². The Hall–Kier alpha value is -3.58. The number of furan rings is 1. The zero-order valence-electron chi connectivity index (χ0n) is 15.9. The average Bonchev–Trinajstić information content (AvgIpc) is 3.26. The Balaban J connectivity index is 1.77. The van der Waals surface area contributed by atoms with E-state index in [1.165, 1.54) is 6.26 Å². The van der Waals surface area contributed by atoms with Crippen LogP contribution in [0.25, 0.3) is 0 Å². The van der Waals surface area contributed by atoms with Crippen LogP contribution in [-0.2, 0) is 23.5 Å². The third-order valence-electron chi connectivity index (χ3n) is 4.99. The van der Waals surface area contributed by atoms with Crippen molar-refractivity contribution in [2.45, 2.75) is 25.6 Å². The first-order valence-corrected chi connectivity index (χ1v) is 9.36. The summed E-state index contributed by atoms with van der Waals surface area (Å²) < 4.78 is 5.24. The average molecular weight is 391 g/mol. The number of para-hydroxylation sites is 1. The number of fused-ring (bicyclic) bond motifs is 1. The molecule has 3 amide bonds. The van der Waals surface area contributed by atoms with Crippen LogP contribution >= 0.6 is 0 Å². The lowest BCUT2D eigenvalue weighted by Crippen LogP contribution is -2.62. The SMILES string of the molecule is CCc1ccc(N2C(=O)Nc3ccccc3[C@]2(O)C(=O)NCc2ccco2)cc1. The third-order valence-corrected chi connectivity index (χ3v) is 4.99. The van der Waals surface area contributed by atoms with Crippen molar-refractivity contribution in [3.05, 3.63) is 83.8 Å². The summed E-state index contributed by atoms with van der Waals surface area (Å²) in [6.45, 7) is 2.11. The molecular weight excluding hydrogens is 370 g/mol. The van der Waals surface area contributed by atoms with E-state index in [1.807, 2.05) is 19.1 Å². The summed E-state index contributed by atoms with van der Waals surface area (Å²) in [7, 11) is 0. The third kappa shape index (κ3) is 3.25. The minimum atomic E-state index is -2.22. The van der Waals surface area contributed by atoms with E-state index in [0.717, 1.165) is 16.9 Å². The van der Waals surface area contributed by atoms with Gasteiger partial charge in [0.05, 0.1) is 18.5 Å². The van der Waals surface area contributed by atoms with E-state index in [9.17, 15) is 14.7 Å². The number of hydrogen-bond acceptors (Lipinski definition) is 4. The second kappa shape index (κ2) is 7.44.